The highest BCUT2D eigenvalue weighted by Crippen LogP contribution is 2.25. The number of benzene rings is 1. The van der Waals surface area contributed by atoms with Gasteiger partial charge in [0.05, 0.1) is 11.7 Å². The van der Waals surface area contributed by atoms with Crippen molar-refractivity contribution in [1.29, 1.82) is 0 Å². The van der Waals surface area contributed by atoms with Crippen LogP contribution in [0.3, 0.4) is 0 Å². The van der Waals surface area contributed by atoms with E-state index in [-0.39, 0.29) is 11.8 Å². The van der Waals surface area contributed by atoms with Crippen molar-refractivity contribution in [3.05, 3.63) is 47.2 Å². The molecule has 1 N–H and O–H groups in total. The van der Waals surface area contributed by atoms with Gasteiger partial charge in [-0.25, -0.2) is 0 Å². The standard InChI is InChI=1S/C15H16F3N3O/c1-9-8-14(21-20-10(9)2)19-11(3)12-4-6-13(7-5-12)22-15(16,17)18/h4-8,11H,1-3H3,(H,19,21)/t11-/m0/s1. The summed E-state index contributed by atoms with van der Waals surface area (Å²) in [5.41, 5.74) is 2.68. The van der Waals surface area contributed by atoms with Crippen LogP contribution < -0.4 is 10.1 Å². The Labute approximate surface area is 126 Å². The molecule has 0 unspecified atom stereocenters. The number of ether oxygens (including phenoxy) is 1. The van der Waals surface area contributed by atoms with Gasteiger partial charge in [0.15, 0.2) is 0 Å². The molecule has 0 fully saturated rings. The summed E-state index contributed by atoms with van der Waals surface area (Å²) in [4.78, 5) is 0. The predicted molar refractivity (Wildman–Crippen MR) is 76.7 cm³/mol. The summed E-state index contributed by atoms with van der Waals surface area (Å²) >= 11 is 0. The summed E-state index contributed by atoms with van der Waals surface area (Å²) in [6.07, 6.45) is -4.68. The first kappa shape index (κ1) is 16.1. The van der Waals surface area contributed by atoms with Crippen LogP contribution in [0.4, 0.5) is 19.0 Å². The van der Waals surface area contributed by atoms with E-state index in [2.05, 4.69) is 20.3 Å². The quantitative estimate of drug-likeness (QED) is 0.921. The first-order valence-corrected chi connectivity index (χ1v) is 6.68. The number of rotatable bonds is 4. The monoisotopic (exact) mass is 311 g/mol. The second kappa shape index (κ2) is 6.21. The van der Waals surface area contributed by atoms with Crippen LogP contribution in [0.5, 0.6) is 5.75 Å². The van der Waals surface area contributed by atoms with Crippen LogP contribution in [0.15, 0.2) is 30.3 Å². The van der Waals surface area contributed by atoms with Gasteiger partial charge in [-0.2, -0.15) is 5.10 Å². The fourth-order valence-corrected chi connectivity index (χ4v) is 1.88. The Balaban J connectivity index is 2.06. The van der Waals surface area contributed by atoms with E-state index in [0.717, 1.165) is 16.8 Å². The van der Waals surface area contributed by atoms with Gasteiger partial charge in [-0.05, 0) is 50.1 Å². The van der Waals surface area contributed by atoms with Crippen LogP contribution in [0, 0.1) is 13.8 Å². The summed E-state index contributed by atoms with van der Waals surface area (Å²) in [6, 6.07) is 7.47. The van der Waals surface area contributed by atoms with Gasteiger partial charge < -0.3 is 10.1 Å². The Morgan fingerprint density at radius 2 is 1.73 bits per heavy atom. The number of hydrogen-bond donors (Lipinski definition) is 1. The van der Waals surface area contributed by atoms with Gasteiger partial charge in [0, 0.05) is 0 Å². The molecule has 0 amide bonds. The molecule has 1 aromatic heterocycles. The summed E-state index contributed by atoms with van der Waals surface area (Å²) < 4.78 is 40.2. The van der Waals surface area contributed by atoms with E-state index in [0.29, 0.717) is 5.82 Å². The number of aryl methyl sites for hydroxylation is 2. The smallest absolute Gasteiger partial charge is 0.406 e. The molecule has 2 rings (SSSR count). The van der Waals surface area contributed by atoms with Gasteiger partial charge in [0.1, 0.15) is 11.6 Å². The average molecular weight is 311 g/mol. The molecule has 0 aliphatic rings. The van der Waals surface area contributed by atoms with E-state index in [1.54, 1.807) is 12.1 Å². The highest BCUT2D eigenvalue weighted by molar-refractivity contribution is 5.41. The Morgan fingerprint density at radius 3 is 2.27 bits per heavy atom. The van der Waals surface area contributed by atoms with Crippen LogP contribution in [-0.4, -0.2) is 16.6 Å². The Kier molecular flexibility index (Phi) is 4.54. The van der Waals surface area contributed by atoms with Crippen molar-refractivity contribution in [2.24, 2.45) is 0 Å². The van der Waals surface area contributed by atoms with Crippen molar-refractivity contribution in [2.75, 3.05) is 5.32 Å². The molecule has 1 heterocycles. The van der Waals surface area contributed by atoms with E-state index < -0.39 is 6.36 Å². The zero-order chi connectivity index (χ0) is 16.3. The minimum absolute atomic E-state index is 0.128. The lowest BCUT2D eigenvalue weighted by Gasteiger charge is -2.16. The van der Waals surface area contributed by atoms with Gasteiger partial charge in [0.2, 0.25) is 0 Å². The number of nitrogens with one attached hydrogen (secondary N) is 1. The van der Waals surface area contributed by atoms with Crippen molar-refractivity contribution in [3.63, 3.8) is 0 Å². The maximum absolute atomic E-state index is 12.1. The first-order valence-electron chi connectivity index (χ1n) is 6.68. The minimum Gasteiger partial charge on any atom is -0.406 e. The number of alkyl halides is 3. The van der Waals surface area contributed by atoms with Gasteiger partial charge in [-0.1, -0.05) is 12.1 Å². The first-order chi connectivity index (χ1) is 10.2. The number of aromatic nitrogens is 2. The molecule has 118 valence electrons. The zero-order valence-electron chi connectivity index (χ0n) is 12.4. The fraction of sp³-hybridized carbons (Fsp3) is 0.333. The van der Waals surface area contributed by atoms with E-state index in [4.69, 9.17) is 0 Å². The molecule has 7 heteroatoms. The molecule has 0 saturated carbocycles. The van der Waals surface area contributed by atoms with E-state index in [1.807, 2.05) is 26.8 Å². The largest absolute Gasteiger partial charge is 0.573 e. The number of hydrogen-bond acceptors (Lipinski definition) is 4. The lowest BCUT2D eigenvalue weighted by molar-refractivity contribution is -0.274. The third kappa shape index (κ3) is 4.34. The Morgan fingerprint density at radius 1 is 1.09 bits per heavy atom. The third-order valence-electron chi connectivity index (χ3n) is 3.21. The second-order valence-corrected chi connectivity index (χ2v) is 4.98. The fourth-order valence-electron chi connectivity index (χ4n) is 1.88. The second-order valence-electron chi connectivity index (χ2n) is 4.98. The molecule has 0 bridgehead atoms. The molecular formula is C15H16F3N3O. The predicted octanol–water partition coefficient (Wildman–Crippen LogP) is 4.17. The SMILES string of the molecule is Cc1cc(N[C@@H](C)c2ccc(OC(F)(F)F)cc2)nnc1C. The Bertz CT molecular complexity index is 641. The summed E-state index contributed by atoms with van der Waals surface area (Å²) in [6.45, 7) is 5.69. The van der Waals surface area contributed by atoms with Crippen LogP contribution >= 0.6 is 0 Å². The maximum atomic E-state index is 12.1. The minimum atomic E-state index is -4.68. The molecule has 22 heavy (non-hydrogen) atoms. The summed E-state index contributed by atoms with van der Waals surface area (Å²) in [7, 11) is 0. The summed E-state index contributed by atoms with van der Waals surface area (Å²) in [5.74, 6) is 0.376. The highest BCUT2D eigenvalue weighted by atomic mass is 19.4. The van der Waals surface area contributed by atoms with Crippen molar-refractivity contribution < 1.29 is 17.9 Å². The van der Waals surface area contributed by atoms with E-state index in [1.165, 1.54) is 12.1 Å². The third-order valence-corrected chi connectivity index (χ3v) is 3.21. The van der Waals surface area contributed by atoms with Crippen LogP contribution in [-0.2, 0) is 0 Å². The molecule has 0 saturated heterocycles. The molecular weight excluding hydrogens is 295 g/mol. The summed E-state index contributed by atoms with van der Waals surface area (Å²) in [5, 5.41) is 11.2. The number of halogens is 3. The number of nitrogens with zero attached hydrogens (tertiary/aromatic N) is 2. The molecule has 0 spiro atoms. The molecule has 1 aromatic carbocycles. The lowest BCUT2D eigenvalue weighted by Crippen LogP contribution is -2.17. The van der Waals surface area contributed by atoms with Gasteiger partial charge in [-0.3, -0.25) is 0 Å². The van der Waals surface area contributed by atoms with Crippen molar-refractivity contribution in [1.82, 2.24) is 10.2 Å². The van der Waals surface area contributed by atoms with Gasteiger partial charge in [-0.15, -0.1) is 18.3 Å². The van der Waals surface area contributed by atoms with Crippen molar-refractivity contribution >= 4 is 5.82 Å². The number of anilines is 1. The Hall–Kier alpha value is -2.31. The van der Waals surface area contributed by atoms with E-state index >= 15 is 0 Å². The zero-order valence-corrected chi connectivity index (χ0v) is 12.4. The molecule has 0 aliphatic heterocycles. The van der Waals surface area contributed by atoms with Crippen molar-refractivity contribution in [3.8, 4) is 5.75 Å². The average Bonchev–Trinajstić information content (AvgIpc) is 2.42. The van der Waals surface area contributed by atoms with Crippen LogP contribution in [0.1, 0.15) is 29.8 Å². The molecule has 2 aromatic rings. The van der Waals surface area contributed by atoms with Crippen molar-refractivity contribution in [2.45, 2.75) is 33.2 Å². The molecule has 4 nitrogen and oxygen atoms in total. The van der Waals surface area contributed by atoms with E-state index in [9.17, 15) is 13.2 Å². The molecule has 0 aliphatic carbocycles. The van der Waals surface area contributed by atoms with Crippen LogP contribution in [0.25, 0.3) is 0 Å². The van der Waals surface area contributed by atoms with Gasteiger partial charge >= 0.3 is 6.36 Å². The normalized spacial score (nSPS) is 12.8. The topological polar surface area (TPSA) is 47.0 Å². The molecule has 1 atom stereocenters. The maximum Gasteiger partial charge on any atom is 0.573 e. The highest BCUT2D eigenvalue weighted by Gasteiger charge is 2.31. The van der Waals surface area contributed by atoms with Gasteiger partial charge in [0.25, 0.3) is 0 Å². The molecule has 0 radical (unpaired) electrons. The van der Waals surface area contributed by atoms with Crippen LogP contribution in [0.2, 0.25) is 0 Å². The lowest BCUT2D eigenvalue weighted by atomic mass is 10.1.